The van der Waals surface area contributed by atoms with Gasteiger partial charge in [0.15, 0.2) is 11.5 Å². The molecule has 1 amide bonds. The van der Waals surface area contributed by atoms with Crippen molar-refractivity contribution in [1.29, 1.82) is 0 Å². The third-order valence-corrected chi connectivity index (χ3v) is 6.18. The quantitative estimate of drug-likeness (QED) is 0.447. The molecule has 180 valence electrons. The van der Waals surface area contributed by atoms with Crippen LogP contribution in [0.25, 0.3) is 28.2 Å². The number of imidazole rings is 1. The van der Waals surface area contributed by atoms with Crippen LogP contribution in [0.15, 0.2) is 54.9 Å². The summed E-state index contributed by atoms with van der Waals surface area (Å²) < 4.78 is 7.56. The maximum atomic E-state index is 12.5. The summed E-state index contributed by atoms with van der Waals surface area (Å²) in [7, 11) is 0. The smallest absolute Gasteiger partial charge is 0.410 e. The molecule has 0 bridgehead atoms. The largest absolute Gasteiger partial charge is 0.444 e. The third-order valence-electron chi connectivity index (χ3n) is 6.18. The predicted octanol–water partition coefficient (Wildman–Crippen LogP) is 5.10. The minimum atomic E-state index is -0.494. The molecule has 0 saturated carbocycles. The number of nitrogens with zero attached hydrogens (tertiary/aromatic N) is 5. The molecule has 1 atom stereocenters. The van der Waals surface area contributed by atoms with E-state index < -0.39 is 5.60 Å². The predicted molar refractivity (Wildman–Crippen MR) is 136 cm³/mol. The highest BCUT2D eigenvalue weighted by Crippen LogP contribution is 2.33. The molecule has 3 aromatic heterocycles. The highest BCUT2D eigenvalue weighted by atomic mass is 16.6. The van der Waals surface area contributed by atoms with Gasteiger partial charge in [0.25, 0.3) is 0 Å². The molecule has 0 spiro atoms. The van der Waals surface area contributed by atoms with Crippen LogP contribution in [0.4, 0.5) is 10.6 Å². The normalized spacial score (nSPS) is 16.1. The molecular formula is C27H30N6O2. The Labute approximate surface area is 204 Å². The molecule has 1 aromatic carbocycles. The lowest BCUT2D eigenvalue weighted by Gasteiger charge is -2.24. The lowest BCUT2D eigenvalue weighted by atomic mass is 9.98. The van der Waals surface area contributed by atoms with Gasteiger partial charge in [0.2, 0.25) is 0 Å². The average Bonchev–Trinajstić information content (AvgIpc) is 3.43. The summed E-state index contributed by atoms with van der Waals surface area (Å²) in [5, 5.41) is 0. The van der Waals surface area contributed by atoms with Gasteiger partial charge in [-0.25, -0.2) is 19.7 Å². The van der Waals surface area contributed by atoms with E-state index in [1.54, 1.807) is 11.1 Å². The van der Waals surface area contributed by atoms with Crippen molar-refractivity contribution in [2.75, 3.05) is 18.8 Å². The summed E-state index contributed by atoms with van der Waals surface area (Å²) >= 11 is 0. The number of nitrogen functional groups attached to an aromatic ring is 1. The molecule has 0 radical (unpaired) electrons. The van der Waals surface area contributed by atoms with E-state index >= 15 is 0 Å². The highest BCUT2D eigenvalue weighted by Gasteiger charge is 2.30. The standard InChI is InChI=1S/C27H30N6O2/c1-17-14-22-25(30-15-17)33(24(31-22)21-6-5-12-29-23(21)28)20-9-7-18(8-10-20)19-11-13-32(16-19)26(34)35-27(2,3)4/h5-10,12,14-15,19H,11,13,16H2,1-4H3,(H2,28,29). The van der Waals surface area contributed by atoms with Crippen molar-refractivity contribution in [1.82, 2.24) is 24.4 Å². The minimum absolute atomic E-state index is 0.249. The Morgan fingerprint density at radius 3 is 2.63 bits per heavy atom. The van der Waals surface area contributed by atoms with Crippen LogP contribution in [-0.2, 0) is 4.74 Å². The van der Waals surface area contributed by atoms with Crippen molar-refractivity contribution in [3.63, 3.8) is 0 Å². The first-order valence-corrected chi connectivity index (χ1v) is 11.8. The van der Waals surface area contributed by atoms with E-state index in [1.165, 1.54) is 5.56 Å². The Hall–Kier alpha value is -3.94. The minimum Gasteiger partial charge on any atom is -0.444 e. The van der Waals surface area contributed by atoms with E-state index in [0.29, 0.717) is 24.7 Å². The number of pyridine rings is 2. The second kappa shape index (κ2) is 8.69. The molecule has 8 nitrogen and oxygen atoms in total. The van der Waals surface area contributed by atoms with Gasteiger partial charge in [0.05, 0.1) is 5.56 Å². The molecule has 5 rings (SSSR count). The van der Waals surface area contributed by atoms with Crippen LogP contribution in [-0.4, -0.2) is 49.2 Å². The number of benzene rings is 1. The Balaban J connectivity index is 1.47. The number of aromatic nitrogens is 4. The second-order valence-corrected chi connectivity index (χ2v) is 10.1. The van der Waals surface area contributed by atoms with Gasteiger partial charge in [-0.05, 0) is 75.6 Å². The molecule has 4 heterocycles. The van der Waals surface area contributed by atoms with E-state index in [-0.39, 0.29) is 12.0 Å². The molecule has 0 aliphatic carbocycles. The van der Waals surface area contributed by atoms with Gasteiger partial charge < -0.3 is 15.4 Å². The number of hydrogen-bond acceptors (Lipinski definition) is 6. The van der Waals surface area contributed by atoms with Gasteiger partial charge in [-0.15, -0.1) is 0 Å². The summed E-state index contributed by atoms with van der Waals surface area (Å²) in [6.07, 6.45) is 4.17. The van der Waals surface area contributed by atoms with Crippen LogP contribution in [0.2, 0.25) is 0 Å². The number of aryl methyl sites for hydroxylation is 1. The van der Waals surface area contributed by atoms with Crippen LogP contribution in [0.3, 0.4) is 0 Å². The van der Waals surface area contributed by atoms with Gasteiger partial charge in [-0.3, -0.25) is 4.57 Å². The molecule has 1 aliphatic rings. The van der Waals surface area contributed by atoms with Crippen molar-refractivity contribution in [3.8, 4) is 17.1 Å². The second-order valence-electron chi connectivity index (χ2n) is 10.1. The zero-order chi connectivity index (χ0) is 24.7. The Bertz CT molecular complexity index is 1390. The van der Waals surface area contributed by atoms with Crippen molar-refractivity contribution in [2.24, 2.45) is 0 Å². The van der Waals surface area contributed by atoms with E-state index in [4.69, 9.17) is 15.5 Å². The SMILES string of the molecule is Cc1cnc2c(c1)nc(-c1cccnc1N)n2-c1ccc(C2CCN(C(=O)OC(C)(C)C)C2)cc1. The van der Waals surface area contributed by atoms with E-state index in [0.717, 1.165) is 34.4 Å². The fourth-order valence-corrected chi connectivity index (χ4v) is 4.52. The molecule has 2 N–H and O–H groups in total. The Morgan fingerprint density at radius 1 is 1.14 bits per heavy atom. The zero-order valence-corrected chi connectivity index (χ0v) is 20.5. The number of amides is 1. The average molecular weight is 471 g/mol. The van der Waals surface area contributed by atoms with Crippen molar-refractivity contribution >= 4 is 23.1 Å². The number of ether oxygens (including phenoxy) is 1. The molecule has 8 heteroatoms. The van der Waals surface area contributed by atoms with Gasteiger partial charge in [0.1, 0.15) is 16.9 Å². The Kier molecular flexibility index (Phi) is 5.67. The first-order valence-electron chi connectivity index (χ1n) is 11.8. The number of likely N-dealkylation sites (tertiary alicyclic amines) is 1. The molecule has 4 aromatic rings. The monoisotopic (exact) mass is 470 g/mol. The number of anilines is 1. The number of nitrogens with two attached hydrogens (primary N) is 1. The van der Waals surface area contributed by atoms with E-state index in [2.05, 4.69) is 34.2 Å². The number of carbonyl (C=O) groups excluding carboxylic acids is 1. The van der Waals surface area contributed by atoms with Gasteiger partial charge in [-0.2, -0.15) is 0 Å². The molecule has 1 fully saturated rings. The maximum absolute atomic E-state index is 12.5. The maximum Gasteiger partial charge on any atom is 0.410 e. The number of fused-ring (bicyclic) bond motifs is 1. The van der Waals surface area contributed by atoms with Gasteiger partial charge >= 0.3 is 6.09 Å². The first kappa shape index (κ1) is 22.8. The molecule has 1 aliphatic heterocycles. The lowest BCUT2D eigenvalue weighted by molar-refractivity contribution is 0.0292. The highest BCUT2D eigenvalue weighted by molar-refractivity contribution is 5.83. The summed E-state index contributed by atoms with van der Waals surface area (Å²) in [4.78, 5) is 28.0. The summed E-state index contributed by atoms with van der Waals surface area (Å²) in [6.45, 7) is 9.02. The van der Waals surface area contributed by atoms with Crippen LogP contribution >= 0.6 is 0 Å². The van der Waals surface area contributed by atoms with Crippen LogP contribution in [0, 0.1) is 6.92 Å². The zero-order valence-electron chi connectivity index (χ0n) is 20.5. The lowest BCUT2D eigenvalue weighted by Crippen LogP contribution is -2.35. The third kappa shape index (κ3) is 4.56. The summed E-state index contributed by atoms with van der Waals surface area (Å²) in [6, 6.07) is 14.2. The number of hydrogen-bond donors (Lipinski definition) is 1. The Morgan fingerprint density at radius 2 is 1.91 bits per heavy atom. The van der Waals surface area contributed by atoms with Crippen molar-refractivity contribution in [3.05, 3.63) is 66.0 Å². The van der Waals surface area contributed by atoms with Crippen molar-refractivity contribution in [2.45, 2.75) is 45.6 Å². The van der Waals surface area contributed by atoms with Crippen LogP contribution in [0.5, 0.6) is 0 Å². The van der Waals surface area contributed by atoms with Gasteiger partial charge in [-0.1, -0.05) is 12.1 Å². The number of carbonyl (C=O) groups is 1. The summed E-state index contributed by atoms with van der Waals surface area (Å²) in [5.74, 6) is 1.39. The topological polar surface area (TPSA) is 99.2 Å². The van der Waals surface area contributed by atoms with Crippen LogP contribution in [0.1, 0.15) is 44.2 Å². The fourth-order valence-electron chi connectivity index (χ4n) is 4.52. The molecular weight excluding hydrogens is 440 g/mol. The molecule has 35 heavy (non-hydrogen) atoms. The molecule has 1 saturated heterocycles. The van der Waals surface area contributed by atoms with Crippen molar-refractivity contribution < 1.29 is 9.53 Å². The van der Waals surface area contributed by atoms with Crippen LogP contribution < -0.4 is 5.73 Å². The fraction of sp³-hybridized carbons (Fsp3) is 0.333. The van der Waals surface area contributed by atoms with E-state index in [1.807, 2.05) is 56.7 Å². The molecule has 1 unspecified atom stereocenters. The first-order chi connectivity index (χ1) is 16.7. The van der Waals surface area contributed by atoms with Gasteiger partial charge in [0, 0.05) is 37.1 Å². The summed E-state index contributed by atoms with van der Waals surface area (Å²) in [5.41, 5.74) is 11.2. The van der Waals surface area contributed by atoms with E-state index in [9.17, 15) is 4.79 Å². The number of rotatable bonds is 3.